The van der Waals surface area contributed by atoms with Crippen molar-refractivity contribution >= 4 is 43.5 Å². The first-order valence-corrected chi connectivity index (χ1v) is 17.3. The second kappa shape index (κ2) is 15.4. The summed E-state index contributed by atoms with van der Waals surface area (Å²) >= 11 is 3.52. The minimum atomic E-state index is -4.15. The fraction of sp³-hybridized carbons (Fsp3) is 0.278. The molecule has 0 spiro atoms. The predicted molar refractivity (Wildman–Crippen MR) is 183 cm³/mol. The van der Waals surface area contributed by atoms with Gasteiger partial charge in [0.1, 0.15) is 12.6 Å². The van der Waals surface area contributed by atoms with Crippen molar-refractivity contribution in [3.05, 3.63) is 130 Å². The lowest BCUT2D eigenvalue weighted by atomic mass is 10.0. The molecule has 0 fully saturated rings. The summed E-state index contributed by atoms with van der Waals surface area (Å²) in [5.41, 5.74) is 3.79. The first-order chi connectivity index (χ1) is 21.5. The molecule has 0 unspecified atom stereocenters. The highest BCUT2D eigenvalue weighted by Crippen LogP contribution is 2.28. The van der Waals surface area contributed by atoms with Gasteiger partial charge in [0.2, 0.25) is 11.8 Å². The molecule has 2 amide bonds. The molecule has 0 heterocycles. The van der Waals surface area contributed by atoms with Gasteiger partial charge in [-0.25, -0.2) is 8.42 Å². The minimum Gasteiger partial charge on any atom is -0.352 e. The van der Waals surface area contributed by atoms with Gasteiger partial charge in [-0.3, -0.25) is 13.9 Å². The number of sulfonamides is 1. The van der Waals surface area contributed by atoms with Gasteiger partial charge >= 0.3 is 0 Å². The number of carbonyl (C=O) groups excluding carboxylic acids is 2. The fourth-order valence-corrected chi connectivity index (χ4v) is 7.09. The number of aryl methyl sites for hydroxylation is 2. The molecule has 0 bridgehead atoms. The van der Waals surface area contributed by atoms with Gasteiger partial charge in [-0.05, 0) is 74.2 Å². The number of benzene rings is 4. The quantitative estimate of drug-likeness (QED) is 0.167. The molecule has 7 nitrogen and oxygen atoms in total. The number of anilines is 1. The van der Waals surface area contributed by atoms with E-state index < -0.39 is 28.5 Å². The number of hydrogen-bond donors (Lipinski definition) is 1. The summed E-state index contributed by atoms with van der Waals surface area (Å²) < 4.78 is 30.4. The highest BCUT2D eigenvalue weighted by atomic mass is 79.9. The Morgan fingerprint density at radius 1 is 0.844 bits per heavy atom. The van der Waals surface area contributed by atoms with Gasteiger partial charge in [0.25, 0.3) is 10.0 Å². The highest BCUT2D eigenvalue weighted by molar-refractivity contribution is 9.10. The molecule has 0 aromatic heterocycles. The Morgan fingerprint density at radius 2 is 1.49 bits per heavy atom. The summed E-state index contributed by atoms with van der Waals surface area (Å²) in [6.07, 6.45) is 0.983. The summed E-state index contributed by atoms with van der Waals surface area (Å²) in [4.78, 5) is 30.1. The minimum absolute atomic E-state index is 0.0756. The Morgan fingerprint density at radius 3 is 2.11 bits per heavy atom. The zero-order valence-corrected chi connectivity index (χ0v) is 28.5. The molecule has 236 valence electrons. The van der Waals surface area contributed by atoms with E-state index in [1.807, 2.05) is 94.4 Å². The molecule has 2 atom stereocenters. The SMILES string of the molecule is CC[C@H](C)NC(=O)[C@@H](Cc1ccccc1)N(Cc1cccc(Br)c1)C(=O)CN(c1ccc(C)cc1C)S(=O)(=O)c1ccccc1. The van der Waals surface area contributed by atoms with Gasteiger partial charge in [0.05, 0.1) is 10.6 Å². The molecule has 0 saturated carbocycles. The number of nitrogens with one attached hydrogen (secondary N) is 1. The molecule has 0 aliphatic carbocycles. The van der Waals surface area contributed by atoms with E-state index in [1.165, 1.54) is 21.3 Å². The fourth-order valence-electron chi connectivity index (χ4n) is 5.15. The van der Waals surface area contributed by atoms with Crippen LogP contribution >= 0.6 is 15.9 Å². The average Bonchev–Trinajstić information content (AvgIpc) is 3.02. The van der Waals surface area contributed by atoms with Crippen LogP contribution in [0.2, 0.25) is 0 Å². The van der Waals surface area contributed by atoms with Crippen molar-refractivity contribution < 1.29 is 18.0 Å². The van der Waals surface area contributed by atoms with Crippen LogP contribution in [0.25, 0.3) is 0 Å². The van der Waals surface area contributed by atoms with Crippen LogP contribution in [-0.4, -0.2) is 43.8 Å². The third-order valence-electron chi connectivity index (χ3n) is 7.75. The Hall–Kier alpha value is -3.95. The van der Waals surface area contributed by atoms with Crippen LogP contribution < -0.4 is 9.62 Å². The maximum Gasteiger partial charge on any atom is 0.264 e. The van der Waals surface area contributed by atoms with Crippen molar-refractivity contribution in [3.8, 4) is 0 Å². The molecule has 4 aromatic carbocycles. The van der Waals surface area contributed by atoms with Gasteiger partial charge in [-0.15, -0.1) is 0 Å². The normalized spacial score (nSPS) is 12.6. The summed E-state index contributed by atoms with van der Waals surface area (Å²) in [7, 11) is -4.15. The Labute approximate surface area is 275 Å². The summed E-state index contributed by atoms with van der Waals surface area (Å²) in [6.45, 7) is 7.29. The molecular formula is C36H40BrN3O4S. The van der Waals surface area contributed by atoms with Gasteiger partial charge < -0.3 is 10.2 Å². The third-order valence-corrected chi connectivity index (χ3v) is 10.0. The van der Waals surface area contributed by atoms with Crippen molar-refractivity contribution in [1.82, 2.24) is 10.2 Å². The molecule has 4 aromatic rings. The maximum absolute atomic E-state index is 14.6. The van der Waals surface area contributed by atoms with E-state index in [9.17, 15) is 18.0 Å². The number of halogens is 1. The molecule has 0 aliphatic heterocycles. The van der Waals surface area contributed by atoms with E-state index in [-0.39, 0.29) is 29.8 Å². The van der Waals surface area contributed by atoms with E-state index in [1.54, 1.807) is 24.3 Å². The van der Waals surface area contributed by atoms with Crippen LogP contribution in [0.1, 0.15) is 42.5 Å². The van der Waals surface area contributed by atoms with Crippen LogP contribution in [0.15, 0.2) is 112 Å². The van der Waals surface area contributed by atoms with Gasteiger partial charge in [0, 0.05) is 23.5 Å². The zero-order chi connectivity index (χ0) is 32.6. The van der Waals surface area contributed by atoms with E-state index in [4.69, 9.17) is 0 Å². The maximum atomic E-state index is 14.6. The Balaban J connectivity index is 1.83. The van der Waals surface area contributed by atoms with E-state index in [2.05, 4.69) is 21.2 Å². The Bertz CT molecular complexity index is 1720. The first kappa shape index (κ1) is 33.9. The van der Waals surface area contributed by atoms with Crippen molar-refractivity contribution in [2.75, 3.05) is 10.8 Å². The highest BCUT2D eigenvalue weighted by Gasteiger charge is 2.35. The largest absolute Gasteiger partial charge is 0.352 e. The molecule has 45 heavy (non-hydrogen) atoms. The molecule has 9 heteroatoms. The average molecular weight is 691 g/mol. The van der Waals surface area contributed by atoms with Crippen molar-refractivity contribution in [1.29, 1.82) is 0 Å². The first-order valence-electron chi connectivity index (χ1n) is 15.0. The number of carbonyl (C=O) groups is 2. The van der Waals surface area contributed by atoms with Crippen molar-refractivity contribution in [2.45, 2.75) is 64.1 Å². The topological polar surface area (TPSA) is 86.8 Å². The molecule has 0 saturated heterocycles. The Kier molecular flexibility index (Phi) is 11.6. The van der Waals surface area contributed by atoms with Crippen molar-refractivity contribution in [2.24, 2.45) is 0 Å². The number of hydrogen-bond acceptors (Lipinski definition) is 4. The monoisotopic (exact) mass is 689 g/mol. The predicted octanol–water partition coefficient (Wildman–Crippen LogP) is 6.82. The summed E-state index contributed by atoms with van der Waals surface area (Å²) in [5.74, 6) is -0.782. The van der Waals surface area contributed by atoms with Crippen LogP contribution in [0.3, 0.4) is 0 Å². The van der Waals surface area contributed by atoms with E-state index in [0.29, 0.717) is 5.69 Å². The molecule has 1 N–H and O–H groups in total. The van der Waals surface area contributed by atoms with Gasteiger partial charge in [-0.2, -0.15) is 0 Å². The zero-order valence-electron chi connectivity index (χ0n) is 26.1. The molecule has 0 radical (unpaired) electrons. The number of rotatable bonds is 13. The van der Waals surface area contributed by atoms with Crippen LogP contribution in [0, 0.1) is 13.8 Å². The van der Waals surface area contributed by atoms with Gasteiger partial charge in [-0.1, -0.05) is 101 Å². The lowest BCUT2D eigenvalue weighted by molar-refractivity contribution is -0.140. The van der Waals surface area contributed by atoms with Crippen LogP contribution in [0.5, 0.6) is 0 Å². The summed E-state index contributed by atoms with van der Waals surface area (Å²) in [6, 6.07) is 29.6. The second-order valence-corrected chi connectivity index (χ2v) is 14.1. The second-order valence-electron chi connectivity index (χ2n) is 11.3. The summed E-state index contributed by atoms with van der Waals surface area (Å²) in [5, 5.41) is 3.06. The van der Waals surface area contributed by atoms with E-state index in [0.717, 1.165) is 33.1 Å². The molecular weight excluding hydrogens is 650 g/mol. The van der Waals surface area contributed by atoms with E-state index >= 15 is 0 Å². The lowest BCUT2D eigenvalue weighted by Gasteiger charge is -2.34. The van der Waals surface area contributed by atoms with Crippen LogP contribution in [-0.2, 0) is 32.6 Å². The number of nitrogens with zero attached hydrogens (tertiary/aromatic N) is 2. The standard InChI is InChI=1S/C36H40BrN3O4S/c1-5-28(4)38-36(42)34(23-29-13-8-6-9-14-29)39(24-30-15-12-16-31(37)22-30)35(41)25-40(33-20-19-26(2)21-27(33)3)45(43,44)32-17-10-7-11-18-32/h6-22,28,34H,5,23-25H2,1-4H3,(H,38,42)/t28-,34+/m0/s1. The number of amides is 2. The van der Waals surface area contributed by atoms with Crippen molar-refractivity contribution in [3.63, 3.8) is 0 Å². The molecule has 0 aliphatic rings. The molecule has 4 rings (SSSR count). The van der Waals surface area contributed by atoms with Crippen LogP contribution in [0.4, 0.5) is 5.69 Å². The van der Waals surface area contributed by atoms with Gasteiger partial charge in [0.15, 0.2) is 0 Å². The smallest absolute Gasteiger partial charge is 0.264 e. The third kappa shape index (κ3) is 8.83. The lowest BCUT2D eigenvalue weighted by Crippen LogP contribution is -2.54.